The van der Waals surface area contributed by atoms with Gasteiger partial charge in [-0.1, -0.05) is 0 Å². The van der Waals surface area contributed by atoms with Crippen LogP contribution < -0.4 is 10.0 Å². The number of rotatable bonds is 6. The van der Waals surface area contributed by atoms with Crippen LogP contribution in [0.2, 0.25) is 0 Å². The lowest BCUT2D eigenvalue weighted by atomic mass is 10.1. The number of ether oxygens (including phenoxy) is 1. The van der Waals surface area contributed by atoms with Gasteiger partial charge in [-0.2, -0.15) is 0 Å². The Kier molecular flexibility index (Phi) is 5.24. The summed E-state index contributed by atoms with van der Waals surface area (Å²) in [6, 6.07) is 3.71. The monoisotopic (exact) mass is 312 g/mol. The average Bonchev–Trinajstić information content (AvgIpc) is 2.90. The van der Waals surface area contributed by atoms with Gasteiger partial charge in [0.25, 0.3) is 0 Å². The van der Waals surface area contributed by atoms with Crippen molar-refractivity contribution < 1.29 is 13.2 Å². The lowest BCUT2D eigenvalue weighted by Gasteiger charge is -2.15. The Balaban J connectivity index is 2.08. The highest BCUT2D eigenvalue weighted by atomic mass is 32.2. The largest absolute Gasteiger partial charge is 0.388 e. The normalized spacial score (nSPS) is 18.9. The molecule has 0 aromatic heterocycles. The van der Waals surface area contributed by atoms with E-state index in [4.69, 9.17) is 4.74 Å². The molecule has 0 spiro atoms. The highest BCUT2D eigenvalue weighted by molar-refractivity contribution is 7.89. The molecule has 1 unspecified atom stereocenters. The molecule has 118 valence electrons. The lowest BCUT2D eigenvalue weighted by molar-refractivity contribution is 0.184. The Morgan fingerprint density at radius 2 is 1.95 bits per heavy atom. The van der Waals surface area contributed by atoms with E-state index in [0.717, 1.165) is 42.9 Å². The van der Waals surface area contributed by atoms with E-state index in [1.54, 1.807) is 0 Å². The molecule has 1 aliphatic heterocycles. The minimum Gasteiger partial charge on any atom is -0.388 e. The summed E-state index contributed by atoms with van der Waals surface area (Å²) < 4.78 is 33.0. The standard InChI is InChI=1S/C15H24N2O3S/c1-11-8-14(16-3)9-12(2)15(11)21(18,19)17-6-4-13-5-7-20-10-13/h8-9,13,16-17H,4-7,10H2,1-3H3. The lowest BCUT2D eigenvalue weighted by Crippen LogP contribution is -2.27. The smallest absolute Gasteiger partial charge is 0.241 e. The molecular formula is C15H24N2O3S. The van der Waals surface area contributed by atoms with E-state index in [2.05, 4.69) is 10.0 Å². The molecular weight excluding hydrogens is 288 g/mol. The van der Waals surface area contributed by atoms with Crippen molar-refractivity contribution in [1.29, 1.82) is 0 Å². The Morgan fingerprint density at radius 3 is 2.48 bits per heavy atom. The van der Waals surface area contributed by atoms with Crippen molar-refractivity contribution in [1.82, 2.24) is 4.72 Å². The van der Waals surface area contributed by atoms with E-state index in [-0.39, 0.29) is 0 Å². The van der Waals surface area contributed by atoms with Crippen molar-refractivity contribution in [3.05, 3.63) is 23.3 Å². The zero-order valence-corrected chi connectivity index (χ0v) is 13.7. The minimum absolute atomic E-state index is 0.393. The molecule has 6 heteroatoms. The molecule has 0 amide bonds. The maximum Gasteiger partial charge on any atom is 0.241 e. The zero-order valence-electron chi connectivity index (χ0n) is 12.9. The van der Waals surface area contributed by atoms with Crippen molar-refractivity contribution in [2.45, 2.75) is 31.6 Å². The molecule has 1 atom stereocenters. The molecule has 5 nitrogen and oxygen atoms in total. The molecule has 1 aromatic rings. The third-order valence-electron chi connectivity index (χ3n) is 3.89. The van der Waals surface area contributed by atoms with E-state index in [9.17, 15) is 8.42 Å². The van der Waals surface area contributed by atoms with Gasteiger partial charge in [-0.15, -0.1) is 0 Å². The molecule has 1 fully saturated rings. The molecule has 1 aliphatic rings. The first-order valence-electron chi connectivity index (χ1n) is 7.30. The van der Waals surface area contributed by atoms with Crippen LogP contribution in [0.25, 0.3) is 0 Å². The van der Waals surface area contributed by atoms with E-state index in [1.807, 2.05) is 33.0 Å². The van der Waals surface area contributed by atoms with Crippen LogP contribution in [-0.4, -0.2) is 35.2 Å². The quantitative estimate of drug-likeness (QED) is 0.843. The van der Waals surface area contributed by atoms with Crippen molar-refractivity contribution >= 4 is 15.7 Å². The Labute approximate surface area is 127 Å². The van der Waals surface area contributed by atoms with Gasteiger partial charge in [0.2, 0.25) is 10.0 Å². The van der Waals surface area contributed by atoms with Crippen LogP contribution in [-0.2, 0) is 14.8 Å². The molecule has 0 aliphatic carbocycles. The maximum atomic E-state index is 12.5. The second-order valence-corrected chi connectivity index (χ2v) is 7.31. The fourth-order valence-corrected chi connectivity index (χ4v) is 4.30. The summed E-state index contributed by atoms with van der Waals surface area (Å²) in [6.45, 7) is 5.65. The molecule has 1 heterocycles. The Hall–Kier alpha value is -1.11. The number of benzene rings is 1. The number of hydrogen-bond acceptors (Lipinski definition) is 4. The first-order valence-corrected chi connectivity index (χ1v) is 8.79. The van der Waals surface area contributed by atoms with Gasteiger partial charge >= 0.3 is 0 Å². The van der Waals surface area contributed by atoms with Crippen molar-refractivity contribution in [2.75, 3.05) is 32.1 Å². The highest BCUT2D eigenvalue weighted by Gasteiger charge is 2.21. The van der Waals surface area contributed by atoms with Crippen molar-refractivity contribution in [3.8, 4) is 0 Å². The van der Waals surface area contributed by atoms with E-state index in [0.29, 0.717) is 17.4 Å². The summed E-state index contributed by atoms with van der Waals surface area (Å²) in [5.74, 6) is 0.474. The predicted octanol–water partition coefficient (Wildman–Crippen LogP) is 2.05. The van der Waals surface area contributed by atoms with E-state index >= 15 is 0 Å². The van der Waals surface area contributed by atoms with Gasteiger partial charge < -0.3 is 10.1 Å². The van der Waals surface area contributed by atoms with Crippen LogP contribution in [0.3, 0.4) is 0 Å². The fourth-order valence-electron chi connectivity index (χ4n) is 2.80. The Bertz CT molecular complexity index is 570. The number of hydrogen-bond donors (Lipinski definition) is 2. The third-order valence-corrected chi connectivity index (χ3v) is 5.65. The molecule has 21 heavy (non-hydrogen) atoms. The van der Waals surface area contributed by atoms with Crippen molar-refractivity contribution in [3.63, 3.8) is 0 Å². The SMILES string of the molecule is CNc1cc(C)c(S(=O)(=O)NCCC2CCOC2)c(C)c1. The highest BCUT2D eigenvalue weighted by Crippen LogP contribution is 2.24. The Morgan fingerprint density at radius 1 is 1.29 bits per heavy atom. The molecule has 1 saturated heterocycles. The van der Waals surface area contributed by atoms with Gasteiger partial charge in [0.05, 0.1) is 4.90 Å². The molecule has 2 N–H and O–H groups in total. The van der Waals surface area contributed by atoms with E-state index in [1.165, 1.54) is 0 Å². The summed E-state index contributed by atoms with van der Waals surface area (Å²) in [5.41, 5.74) is 2.44. The van der Waals surface area contributed by atoms with Crippen LogP contribution in [0.4, 0.5) is 5.69 Å². The number of sulfonamides is 1. The van der Waals surface area contributed by atoms with Crippen LogP contribution in [0, 0.1) is 19.8 Å². The minimum atomic E-state index is -3.46. The van der Waals surface area contributed by atoms with Crippen molar-refractivity contribution in [2.24, 2.45) is 5.92 Å². The second kappa shape index (κ2) is 6.77. The van der Waals surface area contributed by atoms with E-state index < -0.39 is 10.0 Å². The first kappa shape index (κ1) is 16.3. The number of aryl methyl sites for hydroxylation is 2. The summed E-state index contributed by atoms with van der Waals surface area (Å²) in [4.78, 5) is 0.393. The van der Waals surface area contributed by atoms with Gasteiger partial charge in [0.1, 0.15) is 0 Å². The number of anilines is 1. The van der Waals surface area contributed by atoms with Gasteiger partial charge in [-0.3, -0.25) is 0 Å². The predicted molar refractivity (Wildman–Crippen MR) is 84.2 cm³/mol. The van der Waals surface area contributed by atoms with Gasteiger partial charge in [0.15, 0.2) is 0 Å². The first-order chi connectivity index (χ1) is 9.94. The number of nitrogens with one attached hydrogen (secondary N) is 2. The zero-order chi connectivity index (χ0) is 15.5. The average molecular weight is 312 g/mol. The summed E-state index contributed by atoms with van der Waals surface area (Å²) in [7, 11) is -1.63. The molecule has 0 radical (unpaired) electrons. The van der Waals surface area contributed by atoms with Crippen LogP contribution >= 0.6 is 0 Å². The summed E-state index contributed by atoms with van der Waals surface area (Å²) >= 11 is 0. The van der Waals surface area contributed by atoms with Crippen LogP contribution in [0.5, 0.6) is 0 Å². The van der Waals surface area contributed by atoms with Crippen LogP contribution in [0.1, 0.15) is 24.0 Å². The van der Waals surface area contributed by atoms with Gasteiger partial charge in [-0.05, 0) is 55.9 Å². The molecule has 0 saturated carbocycles. The topological polar surface area (TPSA) is 67.4 Å². The maximum absolute atomic E-state index is 12.5. The summed E-state index contributed by atoms with van der Waals surface area (Å²) in [6.07, 6.45) is 1.85. The second-order valence-electron chi connectivity index (χ2n) is 5.61. The third kappa shape index (κ3) is 3.96. The molecule has 0 bridgehead atoms. The molecule has 1 aromatic carbocycles. The van der Waals surface area contributed by atoms with Gasteiger partial charge in [0, 0.05) is 32.5 Å². The van der Waals surface area contributed by atoms with Crippen LogP contribution in [0.15, 0.2) is 17.0 Å². The summed E-state index contributed by atoms with van der Waals surface area (Å²) in [5, 5.41) is 3.04. The fraction of sp³-hybridized carbons (Fsp3) is 0.600. The van der Waals surface area contributed by atoms with Gasteiger partial charge in [-0.25, -0.2) is 13.1 Å². The molecule has 2 rings (SSSR count).